The second kappa shape index (κ2) is 10.6. The lowest BCUT2D eigenvalue weighted by Crippen LogP contribution is -2.19. The minimum atomic E-state index is -0.480. The summed E-state index contributed by atoms with van der Waals surface area (Å²) in [4.78, 5) is 29.0. The second-order valence-electron chi connectivity index (χ2n) is 8.42. The molecule has 0 saturated heterocycles. The Hall–Kier alpha value is -4.49. The summed E-state index contributed by atoms with van der Waals surface area (Å²) in [5.74, 6) is -0.548. The number of nitrogens with one attached hydrogen (secondary N) is 2. The van der Waals surface area contributed by atoms with Crippen molar-refractivity contribution in [2.45, 2.75) is 6.92 Å². The molecule has 1 heterocycles. The van der Waals surface area contributed by atoms with Gasteiger partial charge in [0.05, 0.1) is 11.8 Å². The number of para-hydroxylation sites is 1. The lowest BCUT2D eigenvalue weighted by atomic mass is 10.0. The highest BCUT2D eigenvalue weighted by atomic mass is 79.9. The number of ether oxygens (including phenoxy) is 1. The predicted molar refractivity (Wildman–Crippen MR) is 149 cm³/mol. The van der Waals surface area contributed by atoms with Crippen LogP contribution in [-0.2, 0) is 0 Å². The SMILES string of the molecule is Cc1ccc(C(=O)Oc2ccc(Br)cc2C=NNC(=O)c2[nH]c3ccccc3c2-c2ccccc2)cc1. The van der Waals surface area contributed by atoms with Crippen LogP contribution in [0.15, 0.2) is 107 Å². The zero-order chi connectivity index (χ0) is 25.8. The number of carbonyl (C=O) groups excluding carboxylic acids is 2. The van der Waals surface area contributed by atoms with Crippen molar-refractivity contribution in [3.8, 4) is 16.9 Å². The number of aryl methyl sites for hydroxylation is 1. The summed E-state index contributed by atoms with van der Waals surface area (Å²) in [5, 5.41) is 5.10. The standard InChI is InChI=1S/C30H22BrN3O3/c1-19-11-13-21(14-12-19)30(36)37-26-16-15-23(31)17-22(26)18-32-34-29(35)28-27(20-7-3-2-4-8-20)24-9-5-6-10-25(24)33-28/h2-18,33H,1H3,(H,34,35). The highest BCUT2D eigenvalue weighted by Crippen LogP contribution is 2.32. The van der Waals surface area contributed by atoms with E-state index in [9.17, 15) is 9.59 Å². The third-order valence-electron chi connectivity index (χ3n) is 5.83. The van der Waals surface area contributed by atoms with Gasteiger partial charge in [0.2, 0.25) is 0 Å². The number of rotatable bonds is 6. The number of hydrazone groups is 1. The van der Waals surface area contributed by atoms with Crippen molar-refractivity contribution in [3.63, 3.8) is 0 Å². The summed E-state index contributed by atoms with van der Waals surface area (Å²) in [6.45, 7) is 1.95. The highest BCUT2D eigenvalue weighted by molar-refractivity contribution is 9.10. The Morgan fingerprint density at radius 3 is 2.43 bits per heavy atom. The molecule has 182 valence electrons. The van der Waals surface area contributed by atoms with E-state index in [4.69, 9.17) is 4.74 Å². The van der Waals surface area contributed by atoms with E-state index in [1.54, 1.807) is 30.3 Å². The quantitative estimate of drug-likeness (QED) is 0.104. The number of benzene rings is 4. The summed E-state index contributed by atoms with van der Waals surface area (Å²) in [7, 11) is 0. The maximum absolute atomic E-state index is 13.2. The van der Waals surface area contributed by atoms with E-state index in [2.05, 4.69) is 31.4 Å². The van der Waals surface area contributed by atoms with Gasteiger partial charge >= 0.3 is 5.97 Å². The second-order valence-corrected chi connectivity index (χ2v) is 9.34. The van der Waals surface area contributed by atoms with Gasteiger partial charge in [0.15, 0.2) is 0 Å². The fourth-order valence-electron chi connectivity index (χ4n) is 3.99. The summed E-state index contributed by atoms with van der Waals surface area (Å²) < 4.78 is 6.39. The molecule has 4 aromatic carbocycles. The molecule has 0 radical (unpaired) electrons. The molecule has 1 aromatic heterocycles. The summed E-state index contributed by atoms with van der Waals surface area (Å²) in [5.41, 5.74) is 7.60. The normalized spacial score (nSPS) is 11.1. The van der Waals surface area contributed by atoms with Gasteiger partial charge < -0.3 is 9.72 Å². The Labute approximate surface area is 222 Å². The molecule has 0 bridgehead atoms. The molecular weight excluding hydrogens is 530 g/mol. The fraction of sp³-hybridized carbons (Fsp3) is 0.0333. The van der Waals surface area contributed by atoms with Crippen molar-refractivity contribution >= 4 is 44.9 Å². The molecule has 7 heteroatoms. The summed E-state index contributed by atoms with van der Waals surface area (Å²) in [6.07, 6.45) is 1.45. The molecule has 6 nitrogen and oxygen atoms in total. The van der Waals surface area contributed by atoms with Gasteiger partial charge in [-0.05, 0) is 48.9 Å². The number of fused-ring (bicyclic) bond motifs is 1. The van der Waals surface area contributed by atoms with Crippen LogP contribution in [0.25, 0.3) is 22.0 Å². The molecule has 0 saturated carbocycles. The number of aromatic nitrogens is 1. The van der Waals surface area contributed by atoms with E-state index >= 15 is 0 Å². The number of H-pyrrole nitrogens is 1. The Bertz CT molecular complexity index is 1620. The average Bonchev–Trinajstić information content (AvgIpc) is 3.31. The molecule has 0 fully saturated rings. The van der Waals surface area contributed by atoms with E-state index in [0.29, 0.717) is 22.6 Å². The number of esters is 1. The molecule has 5 rings (SSSR count). The summed E-state index contributed by atoms with van der Waals surface area (Å²) in [6, 6.07) is 29.8. The maximum Gasteiger partial charge on any atom is 0.343 e. The third-order valence-corrected chi connectivity index (χ3v) is 6.32. The number of hydrogen-bond acceptors (Lipinski definition) is 4. The van der Waals surface area contributed by atoms with Crippen molar-refractivity contribution in [2.75, 3.05) is 0 Å². The third kappa shape index (κ3) is 5.37. The van der Waals surface area contributed by atoms with Crippen LogP contribution in [0.5, 0.6) is 5.75 Å². The van der Waals surface area contributed by atoms with Gasteiger partial charge in [0, 0.05) is 26.5 Å². The van der Waals surface area contributed by atoms with Gasteiger partial charge in [-0.2, -0.15) is 5.10 Å². The van der Waals surface area contributed by atoms with Crippen molar-refractivity contribution in [3.05, 3.63) is 124 Å². The molecule has 1 amide bonds. The Kier molecular flexibility index (Phi) is 6.96. The van der Waals surface area contributed by atoms with Crippen molar-refractivity contribution in [2.24, 2.45) is 5.10 Å². The van der Waals surface area contributed by atoms with Crippen LogP contribution in [0.3, 0.4) is 0 Å². The van der Waals surface area contributed by atoms with Gasteiger partial charge in [0.1, 0.15) is 11.4 Å². The largest absolute Gasteiger partial charge is 0.422 e. The van der Waals surface area contributed by atoms with Gasteiger partial charge in [-0.15, -0.1) is 0 Å². The minimum absolute atomic E-state index is 0.322. The van der Waals surface area contributed by atoms with Crippen LogP contribution in [0, 0.1) is 6.92 Å². The van der Waals surface area contributed by atoms with Gasteiger partial charge in [0.25, 0.3) is 5.91 Å². The molecule has 2 N–H and O–H groups in total. The molecular formula is C30H22BrN3O3. The molecule has 37 heavy (non-hydrogen) atoms. The number of nitrogens with zero attached hydrogens (tertiary/aromatic N) is 1. The van der Waals surface area contributed by atoms with Crippen LogP contribution >= 0.6 is 15.9 Å². The van der Waals surface area contributed by atoms with Crippen molar-refractivity contribution in [1.82, 2.24) is 10.4 Å². The molecule has 0 aliphatic heterocycles. The lowest BCUT2D eigenvalue weighted by molar-refractivity contribution is 0.0734. The first-order valence-electron chi connectivity index (χ1n) is 11.6. The van der Waals surface area contributed by atoms with Crippen LogP contribution in [0.4, 0.5) is 0 Å². The first kappa shape index (κ1) is 24.2. The molecule has 0 aliphatic carbocycles. The molecule has 5 aromatic rings. The average molecular weight is 552 g/mol. The Morgan fingerprint density at radius 2 is 1.65 bits per heavy atom. The van der Waals surface area contributed by atoms with Crippen LogP contribution < -0.4 is 10.2 Å². The monoisotopic (exact) mass is 551 g/mol. The van der Waals surface area contributed by atoms with E-state index in [1.807, 2.05) is 73.7 Å². The lowest BCUT2D eigenvalue weighted by Gasteiger charge is -2.08. The fourth-order valence-corrected chi connectivity index (χ4v) is 4.37. The Balaban J connectivity index is 1.39. The van der Waals surface area contributed by atoms with E-state index in [0.717, 1.165) is 32.1 Å². The number of hydrogen-bond donors (Lipinski definition) is 2. The van der Waals surface area contributed by atoms with E-state index in [-0.39, 0.29) is 5.91 Å². The van der Waals surface area contributed by atoms with E-state index < -0.39 is 5.97 Å². The van der Waals surface area contributed by atoms with E-state index in [1.165, 1.54) is 6.21 Å². The topological polar surface area (TPSA) is 83.5 Å². The number of halogens is 1. The first-order valence-corrected chi connectivity index (χ1v) is 12.4. The zero-order valence-corrected chi connectivity index (χ0v) is 21.5. The molecule has 0 unspecified atom stereocenters. The smallest absolute Gasteiger partial charge is 0.343 e. The molecule has 0 atom stereocenters. The number of amides is 1. The summed E-state index contributed by atoms with van der Waals surface area (Å²) >= 11 is 3.43. The number of aromatic amines is 1. The highest BCUT2D eigenvalue weighted by Gasteiger charge is 2.19. The van der Waals surface area contributed by atoms with Crippen LogP contribution in [-0.4, -0.2) is 23.1 Å². The molecule has 0 spiro atoms. The first-order chi connectivity index (χ1) is 18.0. The van der Waals surface area contributed by atoms with Gasteiger partial charge in [-0.25, -0.2) is 10.2 Å². The maximum atomic E-state index is 13.2. The van der Waals surface area contributed by atoms with Crippen molar-refractivity contribution in [1.29, 1.82) is 0 Å². The molecule has 0 aliphatic rings. The number of carbonyl (C=O) groups is 2. The van der Waals surface area contributed by atoms with Crippen LogP contribution in [0.2, 0.25) is 0 Å². The minimum Gasteiger partial charge on any atom is -0.422 e. The predicted octanol–water partition coefficient (Wildman–Crippen LogP) is 6.89. The zero-order valence-electron chi connectivity index (χ0n) is 19.9. The Morgan fingerprint density at radius 1 is 0.919 bits per heavy atom. The van der Waals surface area contributed by atoms with Gasteiger partial charge in [-0.1, -0.05) is 82.2 Å². The van der Waals surface area contributed by atoms with Gasteiger partial charge in [-0.3, -0.25) is 4.79 Å². The van der Waals surface area contributed by atoms with Crippen molar-refractivity contribution < 1.29 is 14.3 Å². The van der Waals surface area contributed by atoms with Crippen LogP contribution in [0.1, 0.15) is 32.0 Å².